The van der Waals surface area contributed by atoms with Crippen LogP contribution in [0.4, 0.5) is 0 Å². The van der Waals surface area contributed by atoms with Crippen molar-refractivity contribution in [3.8, 4) is 0 Å². The van der Waals surface area contributed by atoms with Gasteiger partial charge < -0.3 is 4.57 Å². The molecule has 1 aromatic carbocycles. The Morgan fingerprint density at radius 2 is 1.86 bits per heavy atom. The van der Waals surface area contributed by atoms with Crippen LogP contribution in [-0.2, 0) is 5.88 Å². The van der Waals surface area contributed by atoms with Gasteiger partial charge in [0.15, 0.2) is 5.65 Å². The van der Waals surface area contributed by atoms with E-state index in [0.29, 0.717) is 5.88 Å². The Morgan fingerprint density at radius 3 is 2.57 bits per heavy atom. The summed E-state index contributed by atoms with van der Waals surface area (Å²) in [4.78, 5) is 9.28. The van der Waals surface area contributed by atoms with Gasteiger partial charge in [-0.1, -0.05) is 24.3 Å². The summed E-state index contributed by atoms with van der Waals surface area (Å²) in [5.41, 5.74) is 5.33. The molecule has 0 spiro atoms. The van der Waals surface area contributed by atoms with Crippen LogP contribution in [0.15, 0.2) is 36.4 Å². The van der Waals surface area contributed by atoms with Crippen LogP contribution >= 0.6 is 11.6 Å². The van der Waals surface area contributed by atoms with Crippen molar-refractivity contribution < 1.29 is 0 Å². The first-order chi connectivity index (χ1) is 10.1. The maximum Gasteiger partial charge on any atom is 0.160 e. The van der Waals surface area contributed by atoms with E-state index in [4.69, 9.17) is 11.6 Å². The first-order valence-electron chi connectivity index (χ1n) is 7.07. The molecule has 3 nitrogen and oxygen atoms in total. The normalized spacial score (nSPS) is 12.8. The summed E-state index contributed by atoms with van der Waals surface area (Å²) in [5.74, 6) is 1.24. The minimum atomic E-state index is 0.152. The molecule has 4 heteroatoms. The van der Waals surface area contributed by atoms with Gasteiger partial charge >= 0.3 is 0 Å². The van der Waals surface area contributed by atoms with E-state index >= 15 is 0 Å². The van der Waals surface area contributed by atoms with Crippen molar-refractivity contribution in [1.82, 2.24) is 14.5 Å². The molecule has 0 N–H and O–H groups in total. The minimum absolute atomic E-state index is 0.152. The molecule has 0 aliphatic heterocycles. The molecule has 1 atom stereocenters. The van der Waals surface area contributed by atoms with E-state index in [9.17, 15) is 0 Å². The number of fused-ring (bicyclic) bond motifs is 1. The predicted octanol–water partition coefficient (Wildman–Crippen LogP) is 4.40. The van der Waals surface area contributed by atoms with Gasteiger partial charge in [-0.15, -0.1) is 11.6 Å². The maximum atomic E-state index is 6.10. The largest absolute Gasteiger partial charge is 0.304 e. The van der Waals surface area contributed by atoms with Crippen molar-refractivity contribution in [2.75, 3.05) is 0 Å². The Labute approximate surface area is 129 Å². The number of pyridine rings is 1. The van der Waals surface area contributed by atoms with Gasteiger partial charge in [0, 0.05) is 5.69 Å². The van der Waals surface area contributed by atoms with Crippen molar-refractivity contribution in [3.05, 3.63) is 59.0 Å². The van der Waals surface area contributed by atoms with E-state index in [2.05, 4.69) is 52.6 Å². The molecule has 0 amide bonds. The number of alkyl halides is 1. The number of hydrogen-bond acceptors (Lipinski definition) is 2. The highest BCUT2D eigenvalue weighted by atomic mass is 35.5. The summed E-state index contributed by atoms with van der Waals surface area (Å²) in [6.07, 6.45) is 0. The molecule has 0 fully saturated rings. The summed E-state index contributed by atoms with van der Waals surface area (Å²) < 4.78 is 2.15. The van der Waals surface area contributed by atoms with Crippen molar-refractivity contribution in [1.29, 1.82) is 0 Å². The molecule has 108 valence electrons. The average Bonchev–Trinajstić information content (AvgIpc) is 2.84. The number of nitrogens with zero attached hydrogens (tertiary/aromatic N) is 3. The van der Waals surface area contributed by atoms with Crippen LogP contribution in [0.25, 0.3) is 11.2 Å². The zero-order chi connectivity index (χ0) is 15.0. The van der Waals surface area contributed by atoms with Crippen molar-refractivity contribution in [2.45, 2.75) is 32.7 Å². The zero-order valence-electron chi connectivity index (χ0n) is 12.5. The Balaban J connectivity index is 2.23. The second-order valence-corrected chi connectivity index (χ2v) is 5.63. The highest BCUT2D eigenvalue weighted by Gasteiger charge is 2.18. The van der Waals surface area contributed by atoms with Crippen LogP contribution in [0.5, 0.6) is 0 Å². The summed E-state index contributed by atoms with van der Waals surface area (Å²) in [7, 11) is 0. The second kappa shape index (κ2) is 5.49. The molecule has 1 unspecified atom stereocenters. The average molecular weight is 300 g/mol. The van der Waals surface area contributed by atoms with E-state index < -0.39 is 0 Å². The Morgan fingerprint density at radius 1 is 1.10 bits per heavy atom. The smallest absolute Gasteiger partial charge is 0.160 e. The van der Waals surface area contributed by atoms with Gasteiger partial charge in [0.25, 0.3) is 0 Å². The first-order valence-corrected chi connectivity index (χ1v) is 7.61. The number of aromatic nitrogens is 3. The third-order valence-corrected chi connectivity index (χ3v) is 4.13. The molecular formula is C17H18ClN3. The fourth-order valence-corrected chi connectivity index (χ4v) is 3.00. The van der Waals surface area contributed by atoms with E-state index in [0.717, 1.165) is 22.7 Å². The predicted molar refractivity (Wildman–Crippen MR) is 86.8 cm³/mol. The number of imidazole rings is 1. The van der Waals surface area contributed by atoms with Gasteiger partial charge in [0.1, 0.15) is 11.3 Å². The van der Waals surface area contributed by atoms with Gasteiger partial charge in [-0.2, -0.15) is 0 Å². The molecule has 3 rings (SSSR count). The lowest BCUT2D eigenvalue weighted by Crippen LogP contribution is -2.12. The Kier molecular flexibility index (Phi) is 3.68. The van der Waals surface area contributed by atoms with Gasteiger partial charge in [0.2, 0.25) is 0 Å². The van der Waals surface area contributed by atoms with E-state index in [1.807, 2.05) is 19.1 Å². The monoisotopic (exact) mass is 299 g/mol. The van der Waals surface area contributed by atoms with Gasteiger partial charge in [-0.05, 0) is 44.0 Å². The Bertz CT molecular complexity index is 792. The van der Waals surface area contributed by atoms with E-state index in [1.54, 1.807) is 0 Å². The highest BCUT2D eigenvalue weighted by molar-refractivity contribution is 6.16. The lowest BCUT2D eigenvalue weighted by Gasteiger charge is -2.19. The SMILES string of the molecule is Cc1ccc2nc(CCl)n(C(C)c3ccccc3C)c2n1. The molecule has 0 saturated carbocycles. The number of benzene rings is 1. The second-order valence-electron chi connectivity index (χ2n) is 5.36. The molecule has 0 aliphatic carbocycles. The maximum absolute atomic E-state index is 6.10. The highest BCUT2D eigenvalue weighted by Crippen LogP contribution is 2.27. The summed E-state index contributed by atoms with van der Waals surface area (Å²) >= 11 is 6.10. The number of rotatable bonds is 3. The van der Waals surface area contributed by atoms with Crippen molar-refractivity contribution >= 4 is 22.8 Å². The van der Waals surface area contributed by atoms with Crippen LogP contribution in [-0.4, -0.2) is 14.5 Å². The molecule has 0 aliphatic rings. The summed E-state index contributed by atoms with van der Waals surface area (Å²) in [6.45, 7) is 6.29. The fourth-order valence-electron chi connectivity index (χ4n) is 2.81. The van der Waals surface area contributed by atoms with Gasteiger partial charge in [-0.3, -0.25) is 0 Å². The van der Waals surface area contributed by atoms with E-state index in [1.165, 1.54) is 11.1 Å². The standard InChI is InChI=1S/C17H18ClN3/c1-11-6-4-5-7-14(11)13(3)21-16(10-18)20-15-9-8-12(2)19-17(15)21/h4-9,13H,10H2,1-3H3. The third-order valence-electron chi connectivity index (χ3n) is 3.89. The summed E-state index contributed by atoms with van der Waals surface area (Å²) in [6, 6.07) is 12.5. The minimum Gasteiger partial charge on any atom is -0.304 e. The van der Waals surface area contributed by atoms with E-state index in [-0.39, 0.29) is 6.04 Å². The number of hydrogen-bond donors (Lipinski definition) is 0. The molecular weight excluding hydrogens is 282 g/mol. The molecule has 0 radical (unpaired) electrons. The lowest BCUT2D eigenvalue weighted by atomic mass is 10.0. The quantitative estimate of drug-likeness (QED) is 0.671. The fraction of sp³-hybridized carbons (Fsp3) is 0.294. The van der Waals surface area contributed by atoms with Crippen LogP contribution in [0.2, 0.25) is 0 Å². The number of halogens is 1. The topological polar surface area (TPSA) is 30.7 Å². The molecule has 2 heterocycles. The number of aryl methyl sites for hydroxylation is 2. The Hall–Kier alpha value is -1.87. The van der Waals surface area contributed by atoms with Crippen LogP contribution < -0.4 is 0 Å². The molecule has 21 heavy (non-hydrogen) atoms. The first kappa shape index (κ1) is 14.1. The van der Waals surface area contributed by atoms with Crippen LogP contribution in [0, 0.1) is 13.8 Å². The molecule has 0 saturated heterocycles. The third kappa shape index (κ3) is 2.42. The molecule has 0 bridgehead atoms. The van der Waals surface area contributed by atoms with Crippen molar-refractivity contribution in [2.24, 2.45) is 0 Å². The van der Waals surface area contributed by atoms with Gasteiger partial charge in [0.05, 0.1) is 11.9 Å². The lowest BCUT2D eigenvalue weighted by molar-refractivity contribution is 0.625. The molecule has 2 aromatic heterocycles. The van der Waals surface area contributed by atoms with Crippen LogP contribution in [0.1, 0.15) is 35.6 Å². The van der Waals surface area contributed by atoms with Gasteiger partial charge in [-0.25, -0.2) is 9.97 Å². The summed E-state index contributed by atoms with van der Waals surface area (Å²) in [5, 5.41) is 0. The molecule has 3 aromatic rings. The van der Waals surface area contributed by atoms with Crippen molar-refractivity contribution in [3.63, 3.8) is 0 Å². The zero-order valence-corrected chi connectivity index (χ0v) is 13.2. The van der Waals surface area contributed by atoms with Crippen LogP contribution in [0.3, 0.4) is 0 Å².